The van der Waals surface area contributed by atoms with Crippen molar-refractivity contribution >= 4 is 27.0 Å². The molecule has 0 aliphatic carbocycles. The molecule has 0 aliphatic rings. The number of amides is 1. The van der Waals surface area contributed by atoms with Gasteiger partial charge >= 0.3 is 0 Å². The van der Waals surface area contributed by atoms with Crippen LogP contribution in [0.15, 0.2) is 47.4 Å². The second kappa shape index (κ2) is 10.5. The Morgan fingerprint density at radius 3 is 2.36 bits per heavy atom. The van der Waals surface area contributed by atoms with Crippen molar-refractivity contribution in [1.29, 1.82) is 0 Å². The van der Waals surface area contributed by atoms with Crippen LogP contribution in [0.25, 0.3) is 11.0 Å². The van der Waals surface area contributed by atoms with Crippen LogP contribution < -0.4 is 5.32 Å². The van der Waals surface area contributed by atoms with E-state index in [-0.39, 0.29) is 16.8 Å². The summed E-state index contributed by atoms with van der Waals surface area (Å²) in [5.74, 6) is 0.705. The van der Waals surface area contributed by atoms with Crippen LogP contribution in [-0.4, -0.2) is 41.3 Å². The molecule has 33 heavy (non-hydrogen) atoms. The average Bonchev–Trinajstić information content (AvgIpc) is 3.13. The van der Waals surface area contributed by atoms with Crippen molar-refractivity contribution in [2.75, 3.05) is 13.1 Å². The van der Waals surface area contributed by atoms with Crippen LogP contribution in [0, 0.1) is 0 Å². The largest absolute Gasteiger partial charge is 0.350 e. The number of hydrogen-bond acceptors (Lipinski definition) is 4. The maximum atomic E-state index is 12.8. The zero-order valence-electron chi connectivity index (χ0n) is 20.1. The quantitative estimate of drug-likeness (QED) is 0.486. The van der Waals surface area contributed by atoms with Gasteiger partial charge in [-0.15, -0.1) is 0 Å². The standard InChI is InChI=1S/C25H34N4O3S/c1-6-19-9-11-20(12-10-19)18(4)26-25(30)16-15-24-27-22-17-21(13-14-23(22)28(24)5)33(31,32)29(7-2)8-3/h9-14,17-18H,6-8,15-16H2,1-5H3,(H,26,30). The second-order valence-corrected chi connectivity index (χ2v) is 10.1. The van der Waals surface area contributed by atoms with E-state index in [1.807, 2.05) is 32.4 Å². The SMILES string of the molecule is CCc1ccc(C(C)NC(=O)CCc2nc3cc(S(=O)(=O)N(CC)CC)ccc3n2C)cc1. The fourth-order valence-electron chi connectivity index (χ4n) is 3.99. The summed E-state index contributed by atoms with van der Waals surface area (Å²) in [6.45, 7) is 8.58. The summed E-state index contributed by atoms with van der Waals surface area (Å²) in [4.78, 5) is 17.4. The minimum absolute atomic E-state index is 0.0427. The molecular formula is C25H34N4O3S. The van der Waals surface area contributed by atoms with Gasteiger partial charge in [0.25, 0.3) is 0 Å². The first-order valence-corrected chi connectivity index (χ1v) is 13.0. The average molecular weight is 471 g/mol. The Labute approximate surface area is 196 Å². The summed E-state index contributed by atoms with van der Waals surface area (Å²) in [5.41, 5.74) is 3.80. The molecule has 0 fully saturated rings. The Kier molecular flexibility index (Phi) is 7.92. The molecule has 1 N–H and O–H groups in total. The Morgan fingerprint density at radius 2 is 1.76 bits per heavy atom. The lowest BCUT2D eigenvalue weighted by atomic mass is 10.0. The van der Waals surface area contributed by atoms with Crippen LogP contribution in [0.5, 0.6) is 0 Å². The number of carbonyl (C=O) groups is 1. The summed E-state index contributed by atoms with van der Waals surface area (Å²) >= 11 is 0. The lowest BCUT2D eigenvalue weighted by Gasteiger charge is -2.18. The van der Waals surface area contributed by atoms with E-state index in [0.29, 0.717) is 31.4 Å². The van der Waals surface area contributed by atoms with E-state index >= 15 is 0 Å². The zero-order chi connectivity index (χ0) is 24.2. The predicted molar refractivity (Wildman–Crippen MR) is 132 cm³/mol. The van der Waals surface area contributed by atoms with Crippen molar-refractivity contribution in [2.45, 2.75) is 57.9 Å². The van der Waals surface area contributed by atoms with E-state index in [0.717, 1.165) is 23.3 Å². The second-order valence-electron chi connectivity index (χ2n) is 8.21. The Hall–Kier alpha value is -2.71. The minimum Gasteiger partial charge on any atom is -0.350 e. The fourth-order valence-corrected chi connectivity index (χ4v) is 5.47. The van der Waals surface area contributed by atoms with Crippen LogP contribution in [0.3, 0.4) is 0 Å². The van der Waals surface area contributed by atoms with Crippen molar-refractivity contribution in [3.8, 4) is 0 Å². The Morgan fingerprint density at radius 1 is 1.09 bits per heavy atom. The molecular weight excluding hydrogens is 436 g/mol. The van der Waals surface area contributed by atoms with E-state index in [1.54, 1.807) is 18.2 Å². The highest BCUT2D eigenvalue weighted by atomic mass is 32.2. The topological polar surface area (TPSA) is 84.3 Å². The molecule has 178 valence electrons. The molecule has 3 aromatic rings. The molecule has 1 heterocycles. The molecule has 3 rings (SSSR count). The highest BCUT2D eigenvalue weighted by Crippen LogP contribution is 2.23. The number of rotatable bonds is 10. The molecule has 1 unspecified atom stereocenters. The number of nitrogens with one attached hydrogen (secondary N) is 1. The first kappa shape index (κ1) is 24.9. The Bertz CT molecular complexity index is 1210. The van der Waals surface area contributed by atoms with Gasteiger partial charge in [-0.3, -0.25) is 4.79 Å². The van der Waals surface area contributed by atoms with Gasteiger partial charge in [0, 0.05) is 33.0 Å². The van der Waals surface area contributed by atoms with E-state index in [2.05, 4.69) is 41.5 Å². The van der Waals surface area contributed by atoms with Crippen LogP contribution in [-0.2, 0) is 34.7 Å². The highest BCUT2D eigenvalue weighted by Gasteiger charge is 2.23. The van der Waals surface area contributed by atoms with Gasteiger partial charge in [-0.1, -0.05) is 45.0 Å². The first-order valence-electron chi connectivity index (χ1n) is 11.5. The molecule has 1 amide bonds. The monoisotopic (exact) mass is 470 g/mol. The van der Waals surface area contributed by atoms with Gasteiger partial charge in [0.1, 0.15) is 5.82 Å². The summed E-state index contributed by atoms with van der Waals surface area (Å²) < 4.78 is 29.0. The van der Waals surface area contributed by atoms with Gasteiger partial charge in [0.15, 0.2) is 0 Å². The molecule has 0 aliphatic heterocycles. The number of nitrogens with zero attached hydrogens (tertiary/aromatic N) is 3. The molecule has 7 nitrogen and oxygen atoms in total. The van der Waals surface area contributed by atoms with Gasteiger partial charge in [-0.2, -0.15) is 4.31 Å². The van der Waals surface area contributed by atoms with E-state index in [1.165, 1.54) is 9.87 Å². The van der Waals surface area contributed by atoms with Crippen molar-refractivity contribution in [2.24, 2.45) is 7.05 Å². The van der Waals surface area contributed by atoms with Gasteiger partial charge in [-0.25, -0.2) is 13.4 Å². The summed E-state index contributed by atoms with van der Waals surface area (Å²) in [7, 11) is -1.66. The summed E-state index contributed by atoms with van der Waals surface area (Å²) in [6.07, 6.45) is 1.76. The van der Waals surface area contributed by atoms with Crippen LogP contribution in [0.4, 0.5) is 0 Å². The number of aromatic nitrogens is 2. The number of benzene rings is 2. The van der Waals surface area contributed by atoms with Crippen LogP contribution >= 0.6 is 0 Å². The molecule has 0 saturated carbocycles. The third kappa shape index (κ3) is 5.45. The maximum absolute atomic E-state index is 12.8. The van der Waals surface area contributed by atoms with Crippen molar-refractivity contribution in [1.82, 2.24) is 19.2 Å². The van der Waals surface area contributed by atoms with E-state index in [9.17, 15) is 13.2 Å². The first-order chi connectivity index (χ1) is 15.7. The Balaban J connectivity index is 1.70. The fraction of sp³-hybridized carbons (Fsp3) is 0.440. The number of hydrogen-bond donors (Lipinski definition) is 1. The van der Waals surface area contributed by atoms with Crippen molar-refractivity contribution in [3.63, 3.8) is 0 Å². The molecule has 1 atom stereocenters. The molecule has 0 radical (unpaired) electrons. The number of fused-ring (bicyclic) bond motifs is 1. The number of aryl methyl sites for hydroxylation is 3. The smallest absolute Gasteiger partial charge is 0.243 e. The summed E-state index contributed by atoms with van der Waals surface area (Å²) in [5, 5.41) is 3.05. The van der Waals surface area contributed by atoms with E-state index < -0.39 is 10.0 Å². The minimum atomic E-state index is -3.55. The lowest BCUT2D eigenvalue weighted by molar-refractivity contribution is -0.121. The highest BCUT2D eigenvalue weighted by molar-refractivity contribution is 7.89. The maximum Gasteiger partial charge on any atom is 0.243 e. The third-order valence-corrected chi connectivity index (χ3v) is 8.18. The number of carbonyl (C=O) groups excluding carboxylic acids is 1. The van der Waals surface area contributed by atoms with Crippen molar-refractivity contribution < 1.29 is 13.2 Å². The molecule has 0 bridgehead atoms. The molecule has 0 spiro atoms. The van der Waals surface area contributed by atoms with Crippen LogP contribution in [0.1, 0.15) is 57.1 Å². The van der Waals surface area contributed by atoms with Crippen LogP contribution in [0.2, 0.25) is 0 Å². The lowest BCUT2D eigenvalue weighted by Crippen LogP contribution is -2.30. The predicted octanol–water partition coefficient (Wildman–Crippen LogP) is 3.98. The molecule has 8 heteroatoms. The third-order valence-electron chi connectivity index (χ3n) is 6.13. The molecule has 2 aromatic carbocycles. The van der Waals surface area contributed by atoms with Crippen molar-refractivity contribution in [3.05, 3.63) is 59.4 Å². The van der Waals surface area contributed by atoms with Gasteiger partial charge in [-0.05, 0) is 42.7 Å². The number of imidazole rings is 1. The van der Waals surface area contributed by atoms with Gasteiger partial charge in [0.2, 0.25) is 15.9 Å². The molecule has 0 saturated heterocycles. The number of sulfonamides is 1. The van der Waals surface area contributed by atoms with E-state index in [4.69, 9.17) is 0 Å². The van der Waals surface area contributed by atoms with Gasteiger partial charge in [0.05, 0.1) is 22.0 Å². The van der Waals surface area contributed by atoms with Gasteiger partial charge < -0.3 is 9.88 Å². The normalized spacial score (nSPS) is 12.9. The molecule has 1 aromatic heterocycles. The zero-order valence-corrected chi connectivity index (χ0v) is 20.9. The summed E-state index contributed by atoms with van der Waals surface area (Å²) in [6, 6.07) is 13.2.